The summed E-state index contributed by atoms with van der Waals surface area (Å²) in [7, 11) is 0. The van der Waals surface area contributed by atoms with Gasteiger partial charge in [-0.3, -0.25) is 4.68 Å². The van der Waals surface area contributed by atoms with Crippen LogP contribution in [0.25, 0.3) is 44.4 Å². The molecule has 5 nitrogen and oxygen atoms in total. The number of pyridine rings is 1. The summed E-state index contributed by atoms with van der Waals surface area (Å²) in [6.45, 7) is 8.66. The third-order valence-electron chi connectivity index (χ3n) is 9.45. The van der Waals surface area contributed by atoms with E-state index < -0.39 is 0 Å². The van der Waals surface area contributed by atoms with Gasteiger partial charge in [-0.1, -0.05) is 87.5 Å². The first-order valence-electron chi connectivity index (χ1n) is 17.8. The van der Waals surface area contributed by atoms with E-state index in [1.165, 1.54) is 55.0 Å². The maximum atomic E-state index is 6.49. The third-order valence-corrected chi connectivity index (χ3v) is 9.45. The Morgan fingerprint density at radius 1 is 0.700 bits per heavy atom. The molecule has 0 spiro atoms. The van der Waals surface area contributed by atoms with E-state index in [0.29, 0.717) is 11.5 Å². The number of benzene rings is 4. The topological polar surface area (TPSA) is 44.9 Å². The maximum Gasteiger partial charge on any atom is 2.00 e. The molecule has 7 rings (SSSR count). The fourth-order valence-corrected chi connectivity index (χ4v) is 6.96. The molecule has 0 N–H and O–H groups in total. The summed E-state index contributed by atoms with van der Waals surface area (Å²) >= 11 is 0. The van der Waals surface area contributed by atoms with E-state index in [1.54, 1.807) is 0 Å². The summed E-state index contributed by atoms with van der Waals surface area (Å²) in [5, 5.41) is 7.25. The summed E-state index contributed by atoms with van der Waals surface area (Å²) in [5.41, 5.74) is 9.93. The van der Waals surface area contributed by atoms with E-state index in [4.69, 9.17) is 14.8 Å². The van der Waals surface area contributed by atoms with Crippen molar-refractivity contribution in [3.05, 3.63) is 132 Å². The van der Waals surface area contributed by atoms with Gasteiger partial charge in [-0.25, -0.2) is 4.98 Å². The van der Waals surface area contributed by atoms with E-state index in [9.17, 15) is 0 Å². The Kier molecular flexibility index (Phi) is 11.3. The molecule has 3 heterocycles. The van der Waals surface area contributed by atoms with Gasteiger partial charge in [0.2, 0.25) is 0 Å². The van der Waals surface area contributed by atoms with Crippen molar-refractivity contribution in [1.82, 2.24) is 19.3 Å². The first-order valence-corrected chi connectivity index (χ1v) is 17.8. The Morgan fingerprint density at radius 2 is 1.44 bits per heavy atom. The second-order valence-corrected chi connectivity index (χ2v) is 13.0. The van der Waals surface area contributed by atoms with Crippen molar-refractivity contribution in [3.63, 3.8) is 0 Å². The van der Waals surface area contributed by atoms with Gasteiger partial charge in [0.25, 0.3) is 0 Å². The molecule has 50 heavy (non-hydrogen) atoms. The van der Waals surface area contributed by atoms with Gasteiger partial charge < -0.3 is 9.30 Å². The first-order chi connectivity index (χ1) is 24.0. The summed E-state index contributed by atoms with van der Waals surface area (Å²) in [6.07, 6.45) is 11.4. The van der Waals surface area contributed by atoms with Crippen LogP contribution < -0.4 is 4.74 Å². The van der Waals surface area contributed by atoms with Gasteiger partial charge in [-0.15, -0.1) is 35.7 Å². The number of unbranched alkanes of at least 4 members (excludes halogenated alkanes) is 4. The number of aromatic nitrogens is 4. The zero-order valence-corrected chi connectivity index (χ0v) is 31.7. The number of hydrogen-bond donors (Lipinski definition) is 0. The fourth-order valence-electron chi connectivity index (χ4n) is 6.96. The van der Waals surface area contributed by atoms with E-state index in [-0.39, 0.29) is 21.1 Å². The van der Waals surface area contributed by atoms with Crippen molar-refractivity contribution >= 4 is 21.8 Å². The summed E-state index contributed by atoms with van der Waals surface area (Å²) in [5.74, 6) is 2.15. The summed E-state index contributed by atoms with van der Waals surface area (Å²) in [6, 6.07) is 38.9. The van der Waals surface area contributed by atoms with Gasteiger partial charge in [0.05, 0.1) is 5.69 Å². The SMILES string of the molecule is CCCCCc1ccnc(-n2c3[c-]c(Oc4[c-]c(-n5nc(C)c(-c6ccccc6)c5C)ccc4)ccc3c3cc(CCCCC)ccc32)c1.[Pt+2]. The summed E-state index contributed by atoms with van der Waals surface area (Å²) in [4.78, 5) is 4.88. The number of ether oxygens (including phenoxy) is 1. The van der Waals surface area contributed by atoms with Crippen LogP contribution in [0.5, 0.6) is 11.5 Å². The molecular formula is C44H44N4OPt. The number of fused-ring (bicyclic) bond motifs is 3. The maximum absolute atomic E-state index is 6.49. The molecule has 0 fully saturated rings. The molecule has 0 bridgehead atoms. The Balaban J connectivity index is 0.00000432. The number of aryl methyl sites for hydroxylation is 3. The third kappa shape index (κ3) is 7.35. The molecule has 0 saturated carbocycles. The van der Waals surface area contributed by atoms with Gasteiger partial charge in [0.15, 0.2) is 0 Å². The smallest absolute Gasteiger partial charge is 0.509 e. The largest absolute Gasteiger partial charge is 2.00 e. The minimum absolute atomic E-state index is 0. The van der Waals surface area contributed by atoms with Crippen molar-refractivity contribution < 1.29 is 25.8 Å². The van der Waals surface area contributed by atoms with E-state index in [1.807, 2.05) is 41.2 Å². The quantitative estimate of drug-likeness (QED) is 0.0858. The van der Waals surface area contributed by atoms with Crippen molar-refractivity contribution in [2.24, 2.45) is 0 Å². The fraction of sp³-hybridized carbons (Fsp3) is 0.273. The van der Waals surface area contributed by atoms with Crippen LogP contribution in [0.1, 0.15) is 74.9 Å². The molecule has 0 aliphatic rings. The standard InChI is InChI=1S/C44H44N4O.Pt/c1-5-7-10-15-33-21-24-41-40(27-33)39-23-22-38(30-42(39)47(41)43-28-34(25-26-45-43)16-11-8-6-2)49-37-20-14-19-36(29-37)48-32(4)44(31(3)46-48)35-17-12-9-13-18-35;/h9,12-14,17-28H,5-8,10-11,15-16H2,1-4H3;/q-2;+2. The van der Waals surface area contributed by atoms with Crippen molar-refractivity contribution in [2.75, 3.05) is 0 Å². The normalized spacial score (nSPS) is 11.3. The zero-order chi connectivity index (χ0) is 33.7. The zero-order valence-electron chi connectivity index (χ0n) is 29.4. The average Bonchev–Trinajstić information content (AvgIpc) is 3.61. The van der Waals surface area contributed by atoms with Crippen molar-refractivity contribution in [1.29, 1.82) is 0 Å². The number of hydrogen-bond acceptors (Lipinski definition) is 3. The van der Waals surface area contributed by atoms with Crippen molar-refractivity contribution in [3.8, 4) is 34.1 Å². The first kappa shape index (κ1) is 35.4. The molecule has 4 aromatic carbocycles. The molecule has 0 saturated heterocycles. The van der Waals surface area contributed by atoms with Crippen molar-refractivity contribution in [2.45, 2.75) is 79.1 Å². The van der Waals surface area contributed by atoms with Crippen LogP contribution >= 0.6 is 0 Å². The van der Waals surface area contributed by atoms with Gasteiger partial charge in [-0.05, 0) is 85.5 Å². The number of rotatable bonds is 13. The molecule has 3 aromatic heterocycles. The number of nitrogens with zero attached hydrogens (tertiary/aromatic N) is 4. The van der Waals surface area contributed by atoms with Gasteiger partial charge in [-0.2, -0.15) is 17.2 Å². The molecule has 0 atom stereocenters. The van der Waals surface area contributed by atoms with Crippen LogP contribution in [0, 0.1) is 26.0 Å². The van der Waals surface area contributed by atoms with Gasteiger partial charge in [0.1, 0.15) is 5.82 Å². The van der Waals surface area contributed by atoms with Crippen LogP contribution in [-0.4, -0.2) is 19.3 Å². The molecular weight excluding hydrogens is 796 g/mol. The summed E-state index contributed by atoms with van der Waals surface area (Å²) < 4.78 is 10.7. The van der Waals surface area contributed by atoms with E-state index >= 15 is 0 Å². The molecule has 0 unspecified atom stereocenters. The molecule has 7 aromatic rings. The Bertz CT molecular complexity index is 2220. The molecule has 0 radical (unpaired) electrons. The predicted octanol–water partition coefficient (Wildman–Crippen LogP) is 11.5. The van der Waals surface area contributed by atoms with Crippen LogP contribution in [0.3, 0.4) is 0 Å². The second kappa shape index (κ2) is 16.0. The minimum atomic E-state index is 0. The Labute approximate surface area is 310 Å². The average molecular weight is 840 g/mol. The molecule has 0 amide bonds. The molecule has 0 aliphatic carbocycles. The van der Waals surface area contributed by atoms with Crippen LogP contribution in [0.2, 0.25) is 0 Å². The van der Waals surface area contributed by atoms with Crippen LogP contribution in [0.15, 0.2) is 97.2 Å². The van der Waals surface area contributed by atoms with Crippen LogP contribution in [-0.2, 0) is 33.9 Å². The van der Waals surface area contributed by atoms with Gasteiger partial charge in [0, 0.05) is 34.5 Å². The van der Waals surface area contributed by atoms with E-state index in [2.05, 4.69) is 105 Å². The van der Waals surface area contributed by atoms with E-state index in [0.717, 1.165) is 63.3 Å². The Morgan fingerprint density at radius 3 is 2.20 bits per heavy atom. The Hall–Kier alpha value is -4.47. The monoisotopic (exact) mass is 839 g/mol. The second-order valence-electron chi connectivity index (χ2n) is 13.0. The van der Waals surface area contributed by atoms with Gasteiger partial charge >= 0.3 is 21.1 Å². The molecule has 256 valence electrons. The predicted molar refractivity (Wildman–Crippen MR) is 201 cm³/mol. The molecule has 0 aliphatic heterocycles. The molecule has 6 heteroatoms. The minimum Gasteiger partial charge on any atom is -0.509 e. The van der Waals surface area contributed by atoms with Crippen LogP contribution in [0.4, 0.5) is 0 Å².